The Morgan fingerprint density at radius 2 is 1.74 bits per heavy atom. The molecule has 6 heteroatoms. The lowest BCUT2D eigenvalue weighted by Crippen LogP contribution is -2.31. The van der Waals surface area contributed by atoms with Gasteiger partial charge in [-0.15, -0.1) is 0 Å². The molecule has 0 aromatic heterocycles. The zero-order valence-corrected chi connectivity index (χ0v) is 16.4. The number of rotatable bonds is 4. The topological polar surface area (TPSA) is 79.6 Å². The Labute approximate surface area is 160 Å². The molecule has 1 aromatic carbocycles. The van der Waals surface area contributed by atoms with Gasteiger partial charge in [-0.2, -0.15) is 5.26 Å². The monoisotopic (exact) mass is 370 g/mol. The third-order valence-corrected chi connectivity index (χ3v) is 4.18. The fourth-order valence-corrected chi connectivity index (χ4v) is 2.90. The molecule has 0 saturated carbocycles. The van der Waals surface area contributed by atoms with E-state index < -0.39 is 11.6 Å². The average molecular weight is 370 g/mol. The van der Waals surface area contributed by atoms with Gasteiger partial charge in [0.05, 0.1) is 12.2 Å². The number of carbonyl (C=O) groups is 2. The predicted octanol–water partition coefficient (Wildman–Crippen LogP) is 3.63. The third-order valence-electron chi connectivity index (χ3n) is 4.18. The van der Waals surface area contributed by atoms with Crippen molar-refractivity contribution in [2.24, 2.45) is 0 Å². The fourth-order valence-electron chi connectivity index (χ4n) is 2.90. The Bertz CT molecular complexity index is 757. The van der Waals surface area contributed by atoms with Crippen LogP contribution in [0.25, 0.3) is 0 Å². The van der Waals surface area contributed by atoms with Crippen LogP contribution in [0.3, 0.4) is 0 Å². The first-order chi connectivity index (χ1) is 12.7. The maximum Gasteiger partial charge on any atom is 0.348 e. The molecule has 27 heavy (non-hydrogen) atoms. The number of piperidine rings is 1. The highest BCUT2D eigenvalue weighted by Gasteiger charge is 2.22. The van der Waals surface area contributed by atoms with Crippen LogP contribution >= 0.6 is 0 Å². The van der Waals surface area contributed by atoms with Gasteiger partial charge in [0.15, 0.2) is 0 Å². The lowest BCUT2D eigenvalue weighted by atomic mass is 9.98. The summed E-state index contributed by atoms with van der Waals surface area (Å²) in [5.74, 6) is -0.879. The highest BCUT2D eigenvalue weighted by atomic mass is 16.6. The van der Waals surface area contributed by atoms with Gasteiger partial charge in [-0.1, -0.05) is 0 Å². The van der Waals surface area contributed by atoms with Gasteiger partial charge in [-0.05, 0) is 70.4 Å². The van der Waals surface area contributed by atoms with E-state index in [4.69, 9.17) is 9.47 Å². The van der Waals surface area contributed by atoms with E-state index in [1.165, 1.54) is 0 Å². The minimum atomic E-state index is -0.537. The van der Waals surface area contributed by atoms with Gasteiger partial charge in [0.25, 0.3) is 0 Å². The van der Waals surface area contributed by atoms with E-state index in [-0.39, 0.29) is 18.1 Å². The predicted molar refractivity (Wildman–Crippen MR) is 102 cm³/mol. The molecule has 144 valence electrons. The minimum absolute atomic E-state index is 0.136. The van der Waals surface area contributed by atoms with Crippen molar-refractivity contribution in [1.29, 1.82) is 5.26 Å². The van der Waals surface area contributed by atoms with E-state index in [1.54, 1.807) is 19.1 Å². The molecular weight excluding hydrogens is 344 g/mol. The molecule has 1 fully saturated rings. The first kappa shape index (κ1) is 20.5. The maximum absolute atomic E-state index is 12.1. The summed E-state index contributed by atoms with van der Waals surface area (Å²) in [5.41, 5.74) is 1.97. The summed E-state index contributed by atoms with van der Waals surface area (Å²) in [5, 5.41) is 9.26. The van der Waals surface area contributed by atoms with Gasteiger partial charge in [0.2, 0.25) is 0 Å². The molecule has 1 aliphatic rings. The second-order valence-corrected chi connectivity index (χ2v) is 7.35. The van der Waals surface area contributed by atoms with Crippen LogP contribution < -0.4 is 4.90 Å². The van der Waals surface area contributed by atoms with E-state index in [9.17, 15) is 14.9 Å². The highest BCUT2D eigenvalue weighted by molar-refractivity contribution is 5.93. The van der Waals surface area contributed by atoms with Gasteiger partial charge >= 0.3 is 11.9 Å². The van der Waals surface area contributed by atoms with E-state index >= 15 is 0 Å². The number of nitrogens with zero attached hydrogens (tertiary/aromatic N) is 2. The van der Waals surface area contributed by atoms with E-state index in [0.29, 0.717) is 31.5 Å². The number of esters is 2. The summed E-state index contributed by atoms with van der Waals surface area (Å²) in [6.07, 6.45) is 1.27. The van der Waals surface area contributed by atoms with Crippen LogP contribution in [0.15, 0.2) is 35.4 Å². The largest absolute Gasteiger partial charge is 0.462 e. The molecule has 6 nitrogen and oxygen atoms in total. The number of anilines is 1. The van der Waals surface area contributed by atoms with Crippen molar-refractivity contribution in [3.05, 3.63) is 41.0 Å². The van der Waals surface area contributed by atoms with Crippen LogP contribution in [0.4, 0.5) is 5.69 Å². The minimum Gasteiger partial charge on any atom is -0.462 e. The summed E-state index contributed by atoms with van der Waals surface area (Å²) < 4.78 is 10.3. The smallest absolute Gasteiger partial charge is 0.348 e. The Kier molecular flexibility index (Phi) is 6.62. The average Bonchev–Trinajstić information content (AvgIpc) is 2.62. The number of hydrogen-bond acceptors (Lipinski definition) is 6. The van der Waals surface area contributed by atoms with Crippen LogP contribution in [0.5, 0.6) is 0 Å². The summed E-state index contributed by atoms with van der Waals surface area (Å²) >= 11 is 0. The molecule has 2 rings (SSSR count). The van der Waals surface area contributed by atoms with Crippen molar-refractivity contribution < 1.29 is 19.1 Å². The Morgan fingerprint density at radius 3 is 2.22 bits per heavy atom. The number of carbonyl (C=O) groups excluding carboxylic acids is 2. The first-order valence-electron chi connectivity index (χ1n) is 9.12. The van der Waals surface area contributed by atoms with Crippen molar-refractivity contribution in [2.75, 3.05) is 24.6 Å². The molecule has 0 spiro atoms. The molecule has 0 aliphatic carbocycles. The summed E-state index contributed by atoms with van der Waals surface area (Å²) in [7, 11) is 0. The van der Waals surface area contributed by atoms with E-state index in [1.807, 2.05) is 39.0 Å². The van der Waals surface area contributed by atoms with E-state index in [2.05, 4.69) is 4.90 Å². The Hall–Kier alpha value is -2.81. The van der Waals surface area contributed by atoms with Crippen molar-refractivity contribution in [3.63, 3.8) is 0 Å². The Morgan fingerprint density at radius 1 is 1.15 bits per heavy atom. The zero-order chi connectivity index (χ0) is 20.0. The molecule has 1 saturated heterocycles. The van der Waals surface area contributed by atoms with Gasteiger partial charge in [0, 0.05) is 18.8 Å². The van der Waals surface area contributed by atoms with Gasteiger partial charge in [0.1, 0.15) is 17.2 Å². The van der Waals surface area contributed by atoms with Crippen molar-refractivity contribution in [1.82, 2.24) is 0 Å². The second kappa shape index (κ2) is 8.72. The lowest BCUT2D eigenvalue weighted by molar-refractivity contribution is -0.138. The molecule has 0 amide bonds. The number of ether oxygens (including phenoxy) is 2. The SMILES string of the molecule is CCOC(=O)C(C#N)=C1CCN(c2ccc(C(=O)OC(C)(C)C)cc2)CC1. The van der Waals surface area contributed by atoms with Crippen molar-refractivity contribution in [3.8, 4) is 6.07 Å². The Balaban J connectivity index is 2.03. The molecule has 0 atom stereocenters. The summed E-state index contributed by atoms with van der Waals surface area (Å²) in [4.78, 5) is 26.1. The van der Waals surface area contributed by atoms with Gasteiger partial charge in [-0.25, -0.2) is 9.59 Å². The molecule has 1 heterocycles. The third kappa shape index (κ3) is 5.58. The molecule has 0 radical (unpaired) electrons. The molecule has 1 aliphatic heterocycles. The van der Waals surface area contributed by atoms with Crippen LogP contribution in [-0.2, 0) is 14.3 Å². The fraction of sp³-hybridized carbons (Fsp3) is 0.476. The first-order valence-corrected chi connectivity index (χ1v) is 9.12. The molecule has 1 aromatic rings. The van der Waals surface area contributed by atoms with Crippen molar-refractivity contribution in [2.45, 2.75) is 46.1 Å². The maximum atomic E-state index is 12.1. The summed E-state index contributed by atoms with van der Waals surface area (Å²) in [6.45, 7) is 8.89. The molecule has 0 bridgehead atoms. The number of nitriles is 1. The van der Waals surface area contributed by atoms with Crippen LogP contribution in [0.1, 0.15) is 50.9 Å². The van der Waals surface area contributed by atoms with Crippen molar-refractivity contribution >= 4 is 17.6 Å². The standard InChI is InChI=1S/C21H26N2O4/c1-5-26-20(25)18(14-22)15-10-12-23(13-11-15)17-8-6-16(7-9-17)19(24)27-21(2,3)4/h6-9H,5,10-13H2,1-4H3. The normalized spacial score (nSPS) is 14.3. The highest BCUT2D eigenvalue weighted by Crippen LogP contribution is 2.26. The second-order valence-electron chi connectivity index (χ2n) is 7.35. The van der Waals surface area contributed by atoms with Crippen LogP contribution in [0, 0.1) is 11.3 Å². The van der Waals surface area contributed by atoms with Gasteiger partial charge < -0.3 is 14.4 Å². The zero-order valence-electron chi connectivity index (χ0n) is 16.4. The summed E-state index contributed by atoms with van der Waals surface area (Å²) in [6, 6.07) is 9.29. The van der Waals surface area contributed by atoms with E-state index in [0.717, 1.165) is 11.3 Å². The molecule has 0 N–H and O–H groups in total. The quantitative estimate of drug-likeness (QED) is 0.457. The van der Waals surface area contributed by atoms with Gasteiger partial charge in [-0.3, -0.25) is 0 Å². The lowest BCUT2D eigenvalue weighted by Gasteiger charge is -2.30. The number of benzene rings is 1. The molecule has 0 unspecified atom stereocenters. The number of hydrogen-bond donors (Lipinski definition) is 0. The van der Waals surface area contributed by atoms with Crippen LogP contribution in [-0.4, -0.2) is 37.2 Å². The van der Waals surface area contributed by atoms with Crippen LogP contribution in [0.2, 0.25) is 0 Å². The molecular formula is C21H26N2O4.